The van der Waals surface area contributed by atoms with Crippen molar-refractivity contribution >= 4 is 35.3 Å². The lowest BCUT2D eigenvalue weighted by Crippen LogP contribution is -2.54. The number of aryl methyl sites for hydroxylation is 3. The van der Waals surface area contributed by atoms with Gasteiger partial charge in [-0.3, -0.25) is 25.0 Å². The zero-order chi connectivity index (χ0) is 29.4. The molecule has 0 saturated carbocycles. The molecule has 5 rings (SSSR count). The molecular formula is C30H25N5O6. The number of pyridine rings is 1. The van der Waals surface area contributed by atoms with Crippen LogP contribution < -0.4 is 15.0 Å². The van der Waals surface area contributed by atoms with Gasteiger partial charge in [0, 0.05) is 29.2 Å². The monoisotopic (exact) mass is 551 g/mol. The van der Waals surface area contributed by atoms with Crippen LogP contribution in [0.2, 0.25) is 0 Å². The van der Waals surface area contributed by atoms with Crippen LogP contribution in [-0.4, -0.2) is 32.3 Å². The van der Waals surface area contributed by atoms with Crippen molar-refractivity contribution in [2.24, 2.45) is 0 Å². The normalized spacial score (nSPS) is 14.4. The minimum Gasteiger partial charge on any atom is -0.439 e. The van der Waals surface area contributed by atoms with Crippen LogP contribution in [-0.2, 0) is 9.59 Å². The van der Waals surface area contributed by atoms with E-state index in [2.05, 4.69) is 10.3 Å². The number of urea groups is 1. The predicted octanol–water partition coefficient (Wildman–Crippen LogP) is 5.47. The molecule has 11 nitrogen and oxygen atoms in total. The summed E-state index contributed by atoms with van der Waals surface area (Å²) < 4.78 is 7.65. The summed E-state index contributed by atoms with van der Waals surface area (Å²) in [7, 11) is 0. The zero-order valence-corrected chi connectivity index (χ0v) is 22.7. The number of ether oxygens (including phenoxy) is 1. The second-order valence-electron chi connectivity index (χ2n) is 9.60. The lowest BCUT2D eigenvalue weighted by Gasteiger charge is -2.26. The Labute approximate surface area is 234 Å². The number of imide groups is 2. The maximum Gasteiger partial charge on any atom is 0.335 e. The van der Waals surface area contributed by atoms with Gasteiger partial charge in [0.15, 0.2) is 0 Å². The number of rotatable bonds is 6. The molecule has 3 heterocycles. The smallest absolute Gasteiger partial charge is 0.335 e. The van der Waals surface area contributed by atoms with Crippen LogP contribution in [0.3, 0.4) is 0 Å². The van der Waals surface area contributed by atoms with Crippen molar-refractivity contribution in [2.45, 2.75) is 27.7 Å². The first kappa shape index (κ1) is 27.0. The molecule has 0 atom stereocenters. The van der Waals surface area contributed by atoms with Crippen molar-refractivity contribution in [3.63, 3.8) is 0 Å². The summed E-state index contributed by atoms with van der Waals surface area (Å²) >= 11 is 0. The Bertz CT molecular complexity index is 1750. The molecule has 206 valence electrons. The van der Waals surface area contributed by atoms with E-state index >= 15 is 0 Å². The summed E-state index contributed by atoms with van der Waals surface area (Å²) in [5.74, 6) is -0.755. The third kappa shape index (κ3) is 5.20. The topological polar surface area (TPSA) is 137 Å². The van der Waals surface area contributed by atoms with E-state index in [1.54, 1.807) is 24.3 Å². The van der Waals surface area contributed by atoms with Gasteiger partial charge in [0.2, 0.25) is 5.88 Å². The number of anilines is 1. The van der Waals surface area contributed by atoms with Crippen LogP contribution in [0.5, 0.6) is 11.6 Å². The van der Waals surface area contributed by atoms with Crippen molar-refractivity contribution in [2.75, 3.05) is 4.90 Å². The van der Waals surface area contributed by atoms with Crippen LogP contribution in [0.1, 0.15) is 28.1 Å². The van der Waals surface area contributed by atoms with Gasteiger partial charge in [-0.15, -0.1) is 0 Å². The highest BCUT2D eigenvalue weighted by molar-refractivity contribution is 6.39. The number of benzene rings is 2. The molecule has 41 heavy (non-hydrogen) atoms. The van der Waals surface area contributed by atoms with Gasteiger partial charge in [0.05, 0.1) is 10.6 Å². The first-order chi connectivity index (χ1) is 19.5. The maximum atomic E-state index is 13.4. The van der Waals surface area contributed by atoms with Crippen LogP contribution in [0.4, 0.5) is 16.2 Å². The number of carbonyl (C=O) groups is 3. The summed E-state index contributed by atoms with van der Waals surface area (Å²) in [5, 5.41) is 13.1. The van der Waals surface area contributed by atoms with E-state index in [9.17, 15) is 24.5 Å². The first-order valence-corrected chi connectivity index (χ1v) is 12.6. The Morgan fingerprint density at radius 1 is 0.902 bits per heavy atom. The Kier molecular flexibility index (Phi) is 6.94. The minimum atomic E-state index is -0.794. The van der Waals surface area contributed by atoms with Crippen molar-refractivity contribution < 1.29 is 24.0 Å². The fraction of sp³-hybridized carbons (Fsp3) is 0.133. The molecule has 1 aliphatic rings. The van der Waals surface area contributed by atoms with Gasteiger partial charge in [-0.25, -0.2) is 14.7 Å². The molecule has 4 aromatic rings. The SMILES string of the molecule is Cc1ccc(N2C(=O)NC(=O)C(=Cc3cc(C)n(-c4ccc(Oc5ccc([N+](=O)[O-])cn5)cc4)c3C)C2=O)cc1C. The third-order valence-electron chi connectivity index (χ3n) is 6.87. The molecule has 0 unspecified atom stereocenters. The summed E-state index contributed by atoms with van der Waals surface area (Å²) in [6.07, 6.45) is 2.62. The number of amides is 4. The van der Waals surface area contributed by atoms with Gasteiger partial charge in [0.25, 0.3) is 17.5 Å². The molecule has 4 amide bonds. The van der Waals surface area contributed by atoms with E-state index in [1.807, 2.05) is 56.5 Å². The molecule has 2 aromatic carbocycles. The molecular weight excluding hydrogens is 526 g/mol. The fourth-order valence-electron chi connectivity index (χ4n) is 4.57. The highest BCUT2D eigenvalue weighted by atomic mass is 16.6. The Morgan fingerprint density at radius 3 is 2.24 bits per heavy atom. The molecule has 2 aromatic heterocycles. The number of hydrogen-bond donors (Lipinski definition) is 1. The van der Waals surface area contributed by atoms with Gasteiger partial charge in [-0.2, -0.15) is 0 Å². The van der Waals surface area contributed by atoms with Crippen LogP contribution >= 0.6 is 0 Å². The van der Waals surface area contributed by atoms with Crippen LogP contribution in [0, 0.1) is 37.8 Å². The van der Waals surface area contributed by atoms with E-state index in [0.717, 1.165) is 39.3 Å². The van der Waals surface area contributed by atoms with Crippen molar-refractivity contribution in [3.8, 4) is 17.3 Å². The maximum absolute atomic E-state index is 13.4. The van der Waals surface area contributed by atoms with Crippen molar-refractivity contribution in [1.29, 1.82) is 0 Å². The molecule has 1 fully saturated rings. The Balaban J connectivity index is 1.41. The highest BCUT2D eigenvalue weighted by Gasteiger charge is 2.37. The molecule has 1 saturated heterocycles. The van der Waals surface area contributed by atoms with Gasteiger partial charge >= 0.3 is 6.03 Å². The van der Waals surface area contributed by atoms with E-state index in [1.165, 1.54) is 18.2 Å². The van der Waals surface area contributed by atoms with E-state index in [4.69, 9.17) is 4.74 Å². The second kappa shape index (κ2) is 10.5. The quantitative estimate of drug-likeness (QED) is 0.145. The average Bonchev–Trinajstić information content (AvgIpc) is 3.21. The van der Waals surface area contributed by atoms with Crippen molar-refractivity contribution in [1.82, 2.24) is 14.9 Å². The lowest BCUT2D eigenvalue weighted by atomic mass is 10.1. The highest BCUT2D eigenvalue weighted by Crippen LogP contribution is 2.28. The number of carbonyl (C=O) groups excluding carboxylic acids is 3. The molecule has 0 spiro atoms. The van der Waals surface area contributed by atoms with Gasteiger partial charge < -0.3 is 9.30 Å². The number of nitrogens with zero attached hydrogens (tertiary/aromatic N) is 4. The zero-order valence-electron chi connectivity index (χ0n) is 22.7. The molecule has 1 N–H and O–H groups in total. The number of nitro groups is 1. The largest absolute Gasteiger partial charge is 0.439 e. The number of aromatic nitrogens is 2. The third-order valence-corrected chi connectivity index (χ3v) is 6.87. The van der Waals surface area contributed by atoms with Crippen molar-refractivity contribution in [3.05, 3.63) is 111 Å². The van der Waals surface area contributed by atoms with Gasteiger partial charge in [-0.05, 0) is 92.9 Å². The number of barbiturate groups is 1. The van der Waals surface area contributed by atoms with E-state index < -0.39 is 22.8 Å². The molecule has 11 heteroatoms. The fourth-order valence-corrected chi connectivity index (χ4v) is 4.57. The number of nitrogens with one attached hydrogen (secondary N) is 1. The predicted molar refractivity (Wildman–Crippen MR) is 151 cm³/mol. The minimum absolute atomic E-state index is 0.131. The molecule has 0 bridgehead atoms. The summed E-state index contributed by atoms with van der Waals surface area (Å²) in [4.78, 5) is 53.9. The lowest BCUT2D eigenvalue weighted by molar-refractivity contribution is -0.385. The van der Waals surface area contributed by atoms with Crippen LogP contribution in [0.25, 0.3) is 11.8 Å². The summed E-state index contributed by atoms with van der Waals surface area (Å²) in [6, 6.07) is 16.1. The second-order valence-corrected chi connectivity index (χ2v) is 9.60. The summed E-state index contributed by atoms with van der Waals surface area (Å²) in [5.41, 5.74) is 5.10. The summed E-state index contributed by atoms with van der Waals surface area (Å²) in [6.45, 7) is 7.57. The van der Waals surface area contributed by atoms with Gasteiger partial charge in [-0.1, -0.05) is 6.07 Å². The molecule has 1 aliphatic heterocycles. The van der Waals surface area contributed by atoms with Gasteiger partial charge in [0.1, 0.15) is 17.5 Å². The standard InChI is InChI=1S/C30H25N5O6/c1-17-5-6-23(13-18(17)2)34-29(37)26(28(36)32-30(34)38)15-21-14-19(3)33(20(21)4)22-7-10-25(11-8-22)41-27-12-9-24(16-31-27)35(39)40/h5-16H,1-4H3,(H,32,36,38). The Morgan fingerprint density at radius 2 is 1.61 bits per heavy atom. The first-order valence-electron chi connectivity index (χ1n) is 12.6. The molecule has 0 radical (unpaired) electrons. The number of hydrogen-bond acceptors (Lipinski definition) is 7. The molecule has 0 aliphatic carbocycles. The van der Waals surface area contributed by atoms with E-state index in [0.29, 0.717) is 17.0 Å². The van der Waals surface area contributed by atoms with E-state index in [-0.39, 0.29) is 17.1 Å². The average molecular weight is 552 g/mol. The van der Waals surface area contributed by atoms with Crippen LogP contribution in [0.15, 0.2) is 72.4 Å². The Hall–Kier alpha value is -5.58.